The van der Waals surface area contributed by atoms with Gasteiger partial charge in [0.1, 0.15) is 0 Å². The van der Waals surface area contributed by atoms with E-state index < -0.39 is 23.3 Å². The average molecular weight is 311 g/mol. The summed E-state index contributed by atoms with van der Waals surface area (Å²) in [5.41, 5.74) is -1.49. The molecule has 0 amide bonds. The van der Waals surface area contributed by atoms with Crippen molar-refractivity contribution in [2.75, 3.05) is 13.2 Å². The Morgan fingerprint density at radius 1 is 1.09 bits per heavy atom. The van der Waals surface area contributed by atoms with E-state index in [9.17, 15) is 14.9 Å². The smallest absolute Gasteiger partial charge is 0.327 e. The van der Waals surface area contributed by atoms with Crippen molar-refractivity contribution < 1.29 is 19.1 Å². The summed E-state index contributed by atoms with van der Waals surface area (Å²) in [5.74, 6) is -2.24. The molecule has 0 aliphatic carbocycles. The molecule has 0 saturated carbocycles. The van der Waals surface area contributed by atoms with E-state index in [4.69, 9.17) is 9.47 Å². The quantitative estimate of drug-likeness (QED) is 0.456. The number of hydrogen-bond donors (Lipinski definition) is 0. The average Bonchev–Trinajstić information content (AvgIpc) is 2.47. The molecule has 0 aliphatic rings. The third kappa shape index (κ3) is 4.72. The number of nitriles is 1. The topological polar surface area (TPSA) is 76.4 Å². The molecule has 0 spiro atoms. The zero-order valence-electron chi connectivity index (χ0n) is 14.5. The number of nitrogens with zero attached hydrogens (tertiary/aromatic N) is 1. The molecule has 0 aromatic carbocycles. The van der Waals surface area contributed by atoms with Crippen LogP contribution in [0.15, 0.2) is 0 Å². The third-order valence-corrected chi connectivity index (χ3v) is 3.93. The second-order valence-electron chi connectivity index (χ2n) is 5.66. The van der Waals surface area contributed by atoms with E-state index >= 15 is 0 Å². The summed E-state index contributed by atoms with van der Waals surface area (Å²) >= 11 is 0. The highest BCUT2D eigenvalue weighted by molar-refractivity contribution is 5.88. The van der Waals surface area contributed by atoms with Crippen molar-refractivity contribution in [1.29, 1.82) is 5.26 Å². The number of hydrogen-bond acceptors (Lipinski definition) is 5. The third-order valence-electron chi connectivity index (χ3n) is 3.93. The van der Waals surface area contributed by atoms with Crippen LogP contribution in [0.3, 0.4) is 0 Å². The van der Waals surface area contributed by atoms with Gasteiger partial charge in [0, 0.05) is 0 Å². The lowest BCUT2D eigenvalue weighted by atomic mass is 9.66. The molecule has 0 fully saturated rings. The van der Waals surface area contributed by atoms with E-state index in [1.807, 2.05) is 0 Å². The number of carbonyl (C=O) groups excluding carboxylic acids is 2. The molecule has 0 rings (SSSR count). The van der Waals surface area contributed by atoms with Gasteiger partial charge in [0.25, 0.3) is 0 Å². The van der Waals surface area contributed by atoms with Crippen LogP contribution < -0.4 is 0 Å². The number of unbranched alkanes of at least 4 members (excludes halogenated alkanes) is 2. The molecule has 22 heavy (non-hydrogen) atoms. The Bertz CT molecular complexity index is 400. The molecule has 5 nitrogen and oxygen atoms in total. The fraction of sp³-hybridized carbons (Fsp3) is 0.824. The van der Waals surface area contributed by atoms with E-state index in [-0.39, 0.29) is 19.1 Å². The van der Waals surface area contributed by atoms with E-state index in [1.54, 1.807) is 27.7 Å². The first-order valence-electron chi connectivity index (χ1n) is 8.17. The lowest BCUT2D eigenvalue weighted by Gasteiger charge is -2.34. The molecule has 0 aromatic heterocycles. The van der Waals surface area contributed by atoms with Crippen molar-refractivity contribution in [3.63, 3.8) is 0 Å². The maximum absolute atomic E-state index is 12.5. The van der Waals surface area contributed by atoms with Gasteiger partial charge in [-0.1, -0.05) is 40.0 Å². The Kier molecular flexibility index (Phi) is 9.48. The van der Waals surface area contributed by atoms with Gasteiger partial charge in [-0.3, -0.25) is 9.59 Å². The van der Waals surface area contributed by atoms with Crippen LogP contribution in [0.2, 0.25) is 0 Å². The van der Waals surface area contributed by atoms with Gasteiger partial charge >= 0.3 is 11.9 Å². The lowest BCUT2D eigenvalue weighted by molar-refractivity contribution is -0.168. The molecule has 0 N–H and O–H groups in total. The number of ether oxygens (including phenoxy) is 2. The summed E-state index contributed by atoms with van der Waals surface area (Å²) in [5, 5.41) is 9.73. The highest BCUT2D eigenvalue weighted by Crippen LogP contribution is 2.40. The summed E-state index contributed by atoms with van der Waals surface area (Å²) < 4.78 is 10.2. The van der Waals surface area contributed by atoms with Crippen molar-refractivity contribution in [3.05, 3.63) is 0 Å². The minimum absolute atomic E-state index is 0.180. The fourth-order valence-corrected chi connectivity index (χ4v) is 2.66. The van der Waals surface area contributed by atoms with Crippen molar-refractivity contribution in [2.24, 2.45) is 17.3 Å². The first-order chi connectivity index (χ1) is 10.4. The summed E-state index contributed by atoms with van der Waals surface area (Å²) in [6.45, 7) is 9.42. The van der Waals surface area contributed by atoms with Crippen LogP contribution in [-0.2, 0) is 19.1 Å². The minimum Gasteiger partial charge on any atom is -0.466 e. The summed E-state index contributed by atoms with van der Waals surface area (Å²) in [6, 6.07) is 2.09. The van der Waals surface area contributed by atoms with Crippen LogP contribution in [0, 0.1) is 28.6 Å². The highest BCUT2D eigenvalue weighted by atomic mass is 16.5. The van der Waals surface area contributed by atoms with E-state index in [0.717, 1.165) is 19.3 Å². The van der Waals surface area contributed by atoms with Crippen LogP contribution in [0.5, 0.6) is 0 Å². The van der Waals surface area contributed by atoms with Crippen LogP contribution in [0.4, 0.5) is 0 Å². The molecular weight excluding hydrogens is 282 g/mol. The van der Waals surface area contributed by atoms with Gasteiger partial charge in [-0.15, -0.1) is 0 Å². The fourth-order valence-electron chi connectivity index (χ4n) is 2.66. The normalized spacial score (nSPS) is 14.8. The van der Waals surface area contributed by atoms with E-state index in [1.165, 1.54) is 0 Å². The Morgan fingerprint density at radius 3 is 2.09 bits per heavy atom. The molecule has 0 radical (unpaired) electrons. The van der Waals surface area contributed by atoms with Crippen molar-refractivity contribution in [1.82, 2.24) is 0 Å². The first kappa shape index (κ1) is 20.4. The Morgan fingerprint density at radius 2 is 1.68 bits per heavy atom. The monoisotopic (exact) mass is 311 g/mol. The Balaban J connectivity index is 5.66. The zero-order chi connectivity index (χ0) is 17.2. The van der Waals surface area contributed by atoms with Crippen LogP contribution >= 0.6 is 0 Å². The highest BCUT2D eigenvalue weighted by Gasteiger charge is 2.53. The summed E-state index contributed by atoms with van der Waals surface area (Å²) in [4.78, 5) is 24.8. The molecule has 0 aliphatic heterocycles. The SMILES string of the molecule is CCCCCC(C(=O)OCC)C(C#N)(C(=O)OCC)C(C)C. The molecule has 0 saturated heterocycles. The first-order valence-corrected chi connectivity index (χ1v) is 8.17. The summed E-state index contributed by atoms with van der Waals surface area (Å²) in [6.07, 6.45) is 3.17. The summed E-state index contributed by atoms with van der Waals surface area (Å²) in [7, 11) is 0. The maximum atomic E-state index is 12.5. The van der Waals surface area contributed by atoms with Crippen LogP contribution in [-0.4, -0.2) is 25.2 Å². The van der Waals surface area contributed by atoms with Crippen molar-refractivity contribution in [3.8, 4) is 6.07 Å². The van der Waals surface area contributed by atoms with Gasteiger partial charge in [-0.25, -0.2) is 0 Å². The van der Waals surface area contributed by atoms with E-state index in [0.29, 0.717) is 6.42 Å². The number of carbonyl (C=O) groups is 2. The predicted molar refractivity (Wildman–Crippen MR) is 83.8 cm³/mol. The predicted octanol–water partition coefficient (Wildman–Crippen LogP) is 3.48. The molecule has 2 atom stereocenters. The van der Waals surface area contributed by atoms with Crippen LogP contribution in [0.25, 0.3) is 0 Å². The number of esters is 2. The van der Waals surface area contributed by atoms with Gasteiger partial charge in [0.05, 0.1) is 25.2 Å². The van der Waals surface area contributed by atoms with E-state index in [2.05, 4.69) is 13.0 Å². The van der Waals surface area contributed by atoms with Crippen molar-refractivity contribution >= 4 is 11.9 Å². The van der Waals surface area contributed by atoms with Gasteiger partial charge in [-0.05, 0) is 26.2 Å². The molecule has 0 heterocycles. The zero-order valence-corrected chi connectivity index (χ0v) is 14.5. The second kappa shape index (κ2) is 10.2. The second-order valence-corrected chi connectivity index (χ2v) is 5.66. The van der Waals surface area contributed by atoms with Gasteiger partial charge < -0.3 is 9.47 Å². The molecule has 0 aromatic rings. The largest absolute Gasteiger partial charge is 0.466 e. The standard InChI is InChI=1S/C17H29NO4/c1-6-9-10-11-14(15(19)21-7-2)17(12-18,13(4)5)16(20)22-8-3/h13-14H,6-11H2,1-5H3. The van der Waals surface area contributed by atoms with Gasteiger partial charge in [-0.2, -0.15) is 5.26 Å². The lowest BCUT2D eigenvalue weighted by Crippen LogP contribution is -2.47. The molecular formula is C17H29NO4. The van der Waals surface area contributed by atoms with Gasteiger partial charge in [0.2, 0.25) is 0 Å². The Hall–Kier alpha value is -1.57. The maximum Gasteiger partial charge on any atom is 0.327 e. The van der Waals surface area contributed by atoms with Crippen molar-refractivity contribution in [2.45, 2.75) is 60.3 Å². The molecule has 0 bridgehead atoms. The molecule has 2 unspecified atom stereocenters. The molecule has 126 valence electrons. The number of rotatable bonds is 10. The van der Waals surface area contributed by atoms with Crippen LogP contribution in [0.1, 0.15) is 60.3 Å². The Labute approximate surface area is 134 Å². The van der Waals surface area contributed by atoms with Gasteiger partial charge in [0.15, 0.2) is 5.41 Å². The molecule has 5 heteroatoms. The minimum atomic E-state index is -1.49.